The molecule has 10 heavy (non-hydrogen) atoms. The molecule has 1 rings (SSSR count). The summed E-state index contributed by atoms with van der Waals surface area (Å²) < 4.78 is 12.5. The van der Waals surface area contributed by atoms with E-state index >= 15 is 0 Å². The van der Waals surface area contributed by atoms with Crippen molar-refractivity contribution in [3.63, 3.8) is 0 Å². The summed E-state index contributed by atoms with van der Waals surface area (Å²) in [7, 11) is 0. The molecule has 0 heterocycles. The first-order chi connectivity index (χ1) is 4.34. The van der Waals surface area contributed by atoms with E-state index in [1.807, 2.05) is 0 Å². The minimum Gasteiger partial charge on any atom is -0.206 e. The van der Waals surface area contributed by atoms with Crippen molar-refractivity contribution in [1.82, 2.24) is 0 Å². The maximum atomic E-state index is 12.5. The average molecular weight is 138 g/mol. The fraction of sp³-hybridized carbons (Fsp3) is 0.111. The number of rotatable bonds is 1. The van der Waals surface area contributed by atoms with Crippen molar-refractivity contribution in [2.45, 2.75) is 7.43 Å². The zero-order valence-electron chi connectivity index (χ0n) is 4.97. The smallest absolute Gasteiger partial charge is 0.130 e. The number of benzene rings is 1. The molecule has 0 bridgehead atoms. The predicted molar refractivity (Wildman–Crippen MR) is 43.2 cm³/mol. The Kier molecular flexibility index (Phi) is 3.40. The van der Waals surface area contributed by atoms with Gasteiger partial charge < -0.3 is 0 Å². The largest absolute Gasteiger partial charge is 0.206 e. The zero-order chi connectivity index (χ0) is 6.69. The van der Waals surface area contributed by atoms with E-state index in [4.69, 9.17) is 0 Å². The van der Waals surface area contributed by atoms with Crippen LogP contribution < -0.4 is 0 Å². The Labute approximate surface area is 61.0 Å². The lowest BCUT2D eigenvalue weighted by molar-refractivity contribution is 0.625. The van der Waals surface area contributed by atoms with E-state index in [9.17, 15) is 4.39 Å². The normalized spacial score (nSPS) is 8.10. The molecule has 0 aliphatic rings. The molecule has 0 N–H and O–H groups in total. The third-order valence-electron chi connectivity index (χ3n) is 1.13. The highest BCUT2D eigenvalue weighted by atomic mass is 19.1. The van der Waals surface area contributed by atoms with Crippen LogP contribution in [0.2, 0.25) is 0 Å². The summed E-state index contributed by atoms with van der Waals surface area (Å²) in [5.74, 6) is -0.215. The minimum atomic E-state index is -0.215. The Bertz CT molecular complexity index is 216. The third kappa shape index (κ3) is 1.69. The fourth-order valence-electron chi connectivity index (χ4n) is 0.641. The Hall–Kier alpha value is -1.11. The van der Waals surface area contributed by atoms with Gasteiger partial charge in [-0.2, -0.15) is 0 Å². The standard InChI is InChI=1S/C8H7F.CH4/c1-2-7-5-3-4-6-8(7)9;/h2-6H,1H2;1H4. The molecule has 0 radical (unpaired) electrons. The lowest BCUT2D eigenvalue weighted by Gasteiger charge is -1.91. The van der Waals surface area contributed by atoms with Crippen LogP contribution in [-0.4, -0.2) is 0 Å². The molecule has 54 valence electrons. The van der Waals surface area contributed by atoms with Gasteiger partial charge in [0.25, 0.3) is 0 Å². The molecule has 1 aromatic rings. The first kappa shape index (κ1) is 8.89. The summed E-state index contributed by atoms with van der Waals surface area (Å²) >= 11 is 0. The second-order valence-electron chi connectivity index (χ2n) is 1.73. The van der Waals surface area contributed by atoms with Gasteiger partial charge in [-0.25, -0.2) is 4.39 Å². The van der Waals surface area contributed by atoms with Crippen LogP contribution in [0.1, 0.15) is 13.0 Å². The van der Waals surface area contributed by atoms with Crippen molar-refractivity contribution in [3.8, 4) is 0 Å². The number of halogens is 1. The third-order valence-corrected chi connectivity index (χ3v) is 1.13. The minimum absolute atomic E-state index is 0. The maximum Gasteiger partial charge on any atom is 0.130 e. The molecule has 1 heteroatoms. The highest BCUT2D eigenvalue weighted by Crippen LogP contribution is 2.05. The summed E-state index contributed by atoms with van der Waals surface area (Å²) in [6.45, 7) is 3.45. The molecule has 0 amide bonds. The number of hydrogen-bond donors (Lipinski definition) is 0. The Morgan fingerprint density at radius 1 is 1.30 bits per heavy atom. The predicted octanol–water partition coefficient (Wildman–Crippen LogP) is 3.10. The Morgan fingerprint density at radius 2 is 1.90 bits per heavy atom. The Morgan fingerprint density at radius 3 is 2.30 bits per heavy atom. The van der Waals surface area contributed by atoms with E-state index in [0.717, 1.165) is 0 Å². The summed E-state index contributed by atoms with van der Waals surface area (Å²) in [5, 5.41) is 0. The molecule has 0 fully saturated rings. The van der Waals surface area contributed by atoms with Gasteiger partial charge in [-0.05, 0) is 6.07 Å². The van der Waals surface area contributed by atoms with E-state index in [1.54, 1.807) is 18.2 Å². The second-order valence-corrected chi connectivity index (χ2v) is 1.73. The van der Waals surface area contributed by atoms with Gasteiger partial charge in [0, 0.05) is 5.56 Å². The molecule has 0 aromatic heterocycles. The quantitative estimate of drug-likeness (QED) is 0.559. The van der Waals surface area contributed by atoms with Crippen LogP contribution in [0.3, 0.4) is 0 Å². The zero-order valence-corrected chi connectivity index (χ0v) is 4.97. The summed E-state index contributed by atoms with van der Waals surface area (Å²) in [6, 6.07) is 6.53. The van der Waals surface area contributed by atoms with Gasteiger partial charge in [0.1, 0.15) is 5.82 Å². The van der Waals surface area contributed by atoms with Gasteiger partial charge in [-0.1, -0.05) is 38.3 Å². The molecule has 0 aliphatic carbocycles. The van der Waals surface area contributed by atoms with E-state index in [1.165, 1.54) is 12.1 Å². The van der Waals surface area contributed by atoms with Gasteiger partial charge in [0.2, 0.25) is 0 Å². The van der Waals surface area contributed by atoms with Crippen molar-refractivity contribution in [3.05, 3.63) is 42.2 Å². The highest BCUT2D eigenvalue weighted by Gasteiger charge is 1.91. The van der Waals surface area contributed by atoms with Gasteiger partial charge in [-0.3, -0.25) is 0 Å². The lowest BCUT2D eigenvalue weighted by Crippen LogP contribution is -1.76. The van der Waals surface area contributed by atoms with E-state index in [2.05, 4.69) is 6.58 Å². The van der Waals surface area contributed by atoms with Crippen molar-refractivity contribution in [2.24, 2.45) is 0 Å². The topological polar surface area (TPSA) is 0 Å². The van der Waals surface area contributed by atoms with Gasteiger partial charge in [-0.15, -0.1) is 0 Å². The van der Waals surface area contributed by atoms with Crippen LogP contribution in [-0.2, 0) is 0 Å². The lowest BCUT2D eigenvalue weighted by atomic mass is 10.2. The molecule has 0 spiro atoms. The molecular formula is C9H11F. The molecule has 0 nitrogen and oxygen atoms in total. The molecule has 0 atom stereocenters. The van der Waals surface area contributed by atoms with Crippen molar-refractivity contribution >= 4 is 6.08 Å². The molecular weight excluding hydrogens is 127 g/mol. The first-order valence-electron chi connectivity index (χ1n) is 2.71. The van der Waals surface area contributed by atoms with E-state index in [0.29, 0.717) is 5.56 Å². The van der Waals surface area contributed by atoms with Crippen LogP contribution in [0, 0.1) is 5.82 Å². The van der Waals surface area contributed by atoms with Gasteiger partial charge in [0.05, 0.1) is 0 Å². The molecule has 0 saturated heterocycles. The Balaban J connectivity index is 0.000000810. The first-order valence-corrected chi connectivity index (χ1v) is 2.71. The van der Waals surface area contributed by atoms with Crippen molar-refractivity contribution in [2.75, 3.05) is 0 Å². The number of hydrogen-bond acceptors (Lipinski definition) is 0. The fourth-order valence-corrected chi connectivity index (χ4v) is 0.641. The molecule has 1 aromatic carbocycles. The summed E-state index contributed by atoms with van der Waals surface area (Å²) in [4.78, 5) is 0. The monoisotopic (exact) mass is 138 g/mol. The highest BCUT2D eigenvalue weighted by molar-refractivity contribution is 5.46. The van der Waals surface area contributed by atoms with Crippen LogP contribution >= 0.6 is 0 Å². The van der Waals surface area contributed by atoms with Crippen molar-refractivity contribution < 1.29 is 4.39 Å². The van der Waals surface area contributed by atoms with Crippen LogP contribution in [0.4, 0.5) is 4.39 Å². The molecule has 0 unspecified atom stereocenters. The summed E-state index contributed by atoms with van der Waals surface area (Å²) in [5.41, 5.74) is 0.553. The van der Waals surface area contributed by atoms with E-state index in [-0.39, 0.29) is 13.2 Å². The molecule has 0 saturated carbocycles. The summed E-state index contributed by atoms with van der Waals surface area (Å²) in [6.07, 6.45) is 1.50. The van der Waals surface area contributed by atoms with E-state index < -0.39 is 0 Å². The molecule has 0 aliphatic heterocycles. The van der Waals surface area contributed by atoms with Crippen LogP contribution in [0.25, 0.3) is 6.08 Å². The average Bonchev–Trinajstić information content (AvgIpc) is 1.89. The van der Waals surface area contributed by atoms with Crippen LogP contribution in [0.5, 0.6) is 0 Å². The van der Waals surface area contributed by atoms with Crippen molar-refractivity contribution in [1.29, 1.82) is 0 Å². The maximum absolute atomic E-state index is 12.5. The second kappa shape index (κ2) is 3.83. The van der Waals surface area contributed by atoms with Gasteiger partial charge >= 0.3 is 0 Å². The van der Waals surface area contributed by atoms with Crippen LogP contribution in [0.15, 0.2) is 30.8 Å². The SMILES string of the molecule is C.C=Cc1ccccc1F. The van der Waals surface area contributed by atoms with Gasteiger partial charge in [0.15, 0.2) is 0 Å².